The van der Waals surface area contributed by atoms with Crippen molar-refractivity contribution < 1.29 is 23.8 Å². The molecule has 2 aromatic rings. The molecular formula is C16H17N2O7P. The Morgan fingerprint density at radius 3 is 1.50 bits per heavy atom. The van der Waals surface area contributed by atoms with Gasteiger partial charge in [-0.1, -0.05) is 0 Å². The first-order valence-electron chi connectivity index (χ1n) is 7.43. The monoisotopic (exact) mass is 380 g/mol. The third-order valence-electron chi connectivity index (χ3n) is 3.44. The summed E-state index contributed by atoms with van der Waals surface area (Å²) in [7, 11) is -3.66. The fourth-order valence-corrected chi connectivity index (χ4v) is 3.03. The fourth-order valence-electron chi connectivity index (χ4n) is 1.96. The molecule has 0 aliphatic carbocycles. The molecule has 0 amide bonds. The van der Waals surface area contributed by atoms with Crippen LogP contribution >= 0.6 is 7.94 Å². The second kappa shape index (κ2) is 8.59. The van der Waals surface area contributed by atoms with Gasteiger partial charge in [0.25, 0.3) is 0 Å². The van der Waals surface area contributed by atoms with Crippen LogP contribution in [0.5, 0.6) is 0 Å². The number of nitro groups is 2. The van der Waals surface area contributed by atoms with Crippen molar-refractivity contribution in [2.75, 3.05) is 0 Å². The summed E-state index contributed by atoms with van der Waals surface area (Å²) in [6.07, 6.45) is 0. The average molecular weight is 380 g/mol. The number of rotatable bonds is 9. The second-order valence-electron chi connectivity index (χ2n) is 5.26. The van der Waals surface area contributed by atoms with Crippen LogP contribution < -0.4 is 0 Å². The van der Waals surface area contributed by atoms with Gasteiger partial charge in [0, 0.05) is 0 Å². The molecule has 0 spiro atoms. The number of nitro benzene ring substituents is 2. The Balaban J connectivity index is 1.93. The van der Waals surface area contributed by atoms with Crippen LogP contribution in [-0.4, -0.2) is 14.7 Å². The van der Waals surface area contributed by atoms with Gasteiger partial charge in [0.2, 0.25) is 0 Å². The minimum absolute atomic E-state index is 0.00695. The third kappa shape index (κ3) is 5.40. The summed E-state index contributed by atoms with van der Waals surface area (Å²) in [5.74, 6) is 1.20. The number of benzene rings is 2. The van der Waals surface area contributed by atoms with E-state index in [0.29, 0.717) is 11.1 Å². The molecule has 1 N–H and O–H groups in total. The van der Waals surface area contributed by atoms with Crippen LogP contribution in [0.2, 0.25) is 0 Å². The second-order valence-corrected chi connectivity index (χ2v) is 7.51. The molecule has 26 heavy (non-hydrogen) atoms. The van der Waals surface area contributed by atoms with Crippen LogP contribution in [0.25, 0.3) is 0 Å². The van der Waals surface area contributed by atoms with Crippen molar-refractivity contribution in [1.82, 2.24) is 0 Å². The predicted octanol–water partition coefficient (Wildman–Crippen LogP) is 3.87. The fraction of sp³-hybridized carbons (Fsp3) is 0.125. The van der Waals surface area contributed by atoms with E-state index in [9.17, 15) is 25.1 Å². The summed E-state index contributed by atoms with van der Waals surface area (Å²) in [6.45, 7) is 3.50. The molecule has 0 heterocycles. The maximum atomic E-state index is 10.6. The average Bonchev–Trinajstić information content (AvgIpc) is 2.65. The van der Waals surface area contributed by atoms with E-state index in [1.807, 2.05) is 0 Å². The van der Waals surface area contributed by atoms with Gasteiger partial charge in [-0.3, -0.25) is 0 Å². The van der Waals surface area contributed by atoms with E-state index < -0.39 is 17.8 Å². The number of nitrogens with zero attached hydrogens (tertiary/aromatic N) is 2. The Labute approximate surface area is 149 Å². The van der Waals surface area contributed by atoms with Gasteiger partial charge in [0.05, 0.1) is 0 Å². The first-order valence-corrected chi connectivity index (χ1v) is 9.27. The van der Waals surface area contributed by atoms with E-state index in [-0.39, 0.29) is 24.6 Å². The minimum atomic E-state index is -3.66. The molecule has 138 valence electrons. The van der Waals surface area contributed by atoms with E-state index in [1.165, 1.54) is 54.3 Å². The van der Waals surface area contributed by atoms with Crippen LogP contribution in [0.1, 0.15) is 11.1 Å². The first-order chi connectivity index (χ1) is 12.3. The number of non-ortho nitro benzene ring substituents is 2. The van der Waals surface area contributed by atoms with Crippen LogP contribution in [0.4, 0.5) is 11.4 Å². The Bertz CT molecular complexity index is 732. The van der Waals surface area contributed by atoms with Crippen LogP contribution in [0, 0.1) is 20.2 Å². The number of hydrogen-bond donors (Lipinski definition) is 1. The molecule has 2 aromatic carbocycles. The van der Waals surface area contributed by atoms with E-state index >= 15 is 0 Å². The van der Waals surface area contributed by atoms with Crippen molar-refractivity contribution in [3.05, 3.63) is 92.3 Å². The molecule has 0 bridgehead atoms. The molecule has 0 aliphatic heterocycles. The standard InChI is InChI=1S/C16H17N2O7P/c1-2-26(23,24-11-13-3-7-15(8-4-13)17(19)20)25-12-14-5-9-16(10-6-14)18(21)22/h2-10,23,26H,1,11-12H2. The van der Waals surface area contributed by atoms with Crippen molar-refractivity contribution in [1.29, 1.82) is 0 Å². The summed E-state index contributed by atoms with van der Waals surface area (Å²) < 4.78 is 10.8. The third-order valence-corrected chi connectivity index (χ3v) is 5.08. The maximum absolute atomic E-state index is 10.6. The van der Waals surface area contributed by atoms with E-state index in [2.05, 4.69) is 6.58 Å². The Morgan fingerprint density at radius 2 is 1.23 bits per heavy atom. The molecule has 9 nitrogen and oxygen atoms in total. The summed E-state index contributed by atoms with van der Waals surface area (Å²) >= 11 is 0. The van der Waals surface area contributed by atoms with E-state index in [4.69, 9.17) is 9.05 Å². The molecule has 0 saturated carbocycles. The normalized spacial score (nSPS) is 11.7. The zero-order valence-corrected chi connectivity index (χ0v) is 14.6. The van der Waals surface area contributed by atoms with Gasteiger partial charge in [-0.25, -0.2) is 0 Å². The Morgan fingerprint density at radius 1 is 0.885 bits per heavy atom. The SMILES string of the molecule is C=C[PH](O)(OCc1ccc([N+](=O)[O-])cc1)OCc1ccc([N+](=O)[O-])cc1. The predicted molar refractivity (Wildman–Crippen MR) is 96.5 cm³/mol. The summed E-state index contributed by atoms with van der Waals surface area (Å²) in [4.78, 5) is 30.6. The van der Waals surface area contributed by atoms with Crippen molar-refractivity contribution in [3.8, 4) is 0 Å². The van der Waals surface area contributed by atoms with Crippen molar-refractivity contribution in [3.63, 3.8) is 0 Å². The molecule has 2 rings (SSSR count). The molecule has 0 aliphatic rings. The molecule has 0 saturated heterocycles. The Hall–Kier alpha value is -2.71. The topological polar surface area (TPSA) is 125 Å². The van der Waals surface area contributed by atoms with Gasteiger partial charge in [-0.15, -0.1) is 0 Å². The zero-order valence-electron chi connectivity index (χ0n) is 13.6. The van der Waals surface area contributed by atoms with Crippen molar-refractivity contribution >= 4 is 19.3 Å². The van der Waals surface area contributed by atoms with E-state index in [1.54, 1.807) is 0 Å². The summed E-state index contributed by atoms with van der Waals surface area (Å²) in [5, 5.41) is 21.2. The van der Waals surface area contributed by atoms with Gasteiger partial charge < -0.3 is 0 Å². The summed E-state index contributed by atoms with van der Waals surface area (Å²) in [6, 6.07) is 11.4. The van der Waals surface area contributed by atoms with Crippen molar-refractivity contribution in [2.24, 2.45) is 0 Å². The van der Waals surface area contributed by atoms with Crippen LogP contribution in [-0.2, 0) is 22.3 Å². The zero-order chi connectivity index (χ0) is 19.2. The molecule has 0 fully saturated rings. The molecule has 0 radical (unpaired) electrons. The molecule has 10 heteroatoms. The summed E-state index contributed by atoms with van der Waals surface area (Å²) in [5.41, 5.74) is 1.17. The number of hydrogen-bond acceptors (Lipinski definition) is 7. The molecule has 0 unspecified atom stereocenters. The quantitative estimate of drug-likeness (QED) is 0.398. The van der Waals surface area contributed by atoms with Gasteiger partial charge in [-0.05, 0) is 0 Å². The van der Waals surface area contributed by atoms with Crippen molar-refractivity contribution in [2.45, 2.75) is 13.2 Å². The van der Waals surface area contributed by atoms with Gasteiger partial charge in [0.1, 0.15) is 0 Å². The van der Waals surface area contributed by atoms with Crippen LogP contribution in [0.15, 0.2) is 60.9 Å². The van der Waals surface area contributed by atoms with Gasteiger partial charge in [-0.2, -0.15) is 0 Å². The van der Waals surface area contributed by atoms with Gasteiger partial charge >= 0.3 is 149 Å². The van der Waals surface area contributed by atoms with Crippen LogP contribution in [0.3, 0.4) is 0 Å². The van der Waals surface area contributed by atoms with E-state index in [0.717, 1.165) is 0 Å². The molecular weight excluding hydrogens is 363 g/mol. The molecule has 0 aromatic heterocycles. The Kier molecular flexibility index (Phi) is 6.48. The first kappa shape index (κ1) is 19.6. The molecule has 0 atom stereocenters. The van der Waals surface area contributed by atoms with Gasteiger partial charge in [0.15, 0.2) is 0 Å².